The lowest BCUT2D eigenvalue weighted by Crippen LogP contribution is -2.22. The van der Waals surface area contributed by atoms with Gasteiger partial charge in [0.25, 0.3) is 0 Å². The fraction of sp³-hybridized carbons (Fsp3) is 0.308. The maximum atomic E-state index is 11.4. The molecule has 2 nitrogen and oxygen atoms in total. The van der Waals surface area contributed by atoms with Crippen molar-refractivity contribution in [2.75, 3.05) is 0 Å². The summed E-state index contributed by atoms with van der Waals surface area (Å²) in [6, 6.07) is 5.64. The minimum atomic E-state index is -0.466. The van der Waals surface area contributed by atoms with Crippen molar-refractivity contribution in [3.05, 3.63) is 34.9 Å². The number of hydrogen-bond acceptors (Lipinski definition) is 2. The lowest BCUT2D eigenvalue weighted by molar-refractivity contribution is -0.148. The Balaban J connectivity index is 2.71. The molecule has 1 aromatic carbocycles. The average Bonchev–Trinajstić information content (AvgIpc) is 2.17. The SMILES string of the molecule is Bc1ccc(/C=C/C(=O)OC(C)(C)C)cc1Cl. The van der Waals surface area contributed by atoms with E-state index in [2.05, 4.69) is 0 Å². The predicted molar refractivity (Wildman–Crippen MR) is 74.5 cm³/mol. The molecule has 90 valence electrons. The van der Waals surface area contributed by atoms with Crippen LogP contribution in [0.2, 0.25) is 5.02 Å². The van der Waals surface area contributed by atoms with E-state index in [-0.39, 0.29) is 5.97 Å². The first-order chi connectivity index (χ1) is 7.78. The van der Waals surface area contributed by atoms with Crippen LogP contribution in [0.25, 0.3) is 6.08 Å². The highest BCUT2D eigenvalue weighted by atomic mass is 35.5. The van der Waals surface area contributed by atoms with Gasteiger partial charge in [-0.2, -0.15) is 0 Å². The van der Waals surface area contributed by atoms with Crippen LogP contribution in [0.3, 0.4) is 0 Å². The van der Waals surface area contributed by atoms with E-state index in [1.165, 1.54) is 6.08 Å². The van der Waals surface area contributed by atoms with Crippen LogP contribution < -0.4 is 5.46 Å². The topological polar surface area (TPSA) is 26.3 Å². The van der Waals surface area contributed by atoms with E-state index in [0.717, 1.165) is 11.0 Å². The van der Waals surface area contributed by atoms with Gasteiger partial charge in [-0.15, -0.1) is 0 Å². The first-order valence-electron chi connectivity index (χ1n) is 5.45. The molecule has 1 aromatic rings. The Kier molecular flexibility index (Phi) is 4.41. The Morgan fingerprint density at radius 3 is 2.59 bits per heavy atom. The second kappa shape index (κ2) is 5.41. The van der Waals surface area contributed by atoms with E-state index in [4.69, 9.17) is 16.3 Å². The molecule has 0 spiro atoms. The highest BCUT2D eigenvalue weighted by molar-refractivity contribution is 6.45. The smallest absolute Gasteiger partial charge is 0.331 e. The third kappa shape index (κ3) is 5.09. The van der Waals surface area contributed by atoms with Crippen molar-refractivity contribution in [2.45, 2.75) is 26.4 Å². The van der Waals surface area contributed by atoms with Crippen LogP contribution >= 0.6 is 11.6 Å². The van der Waals surface area contributed by atoms with Gasteiger partial charge in [0, 0.05) is 11.1 Å². The molecule has 0 aliphatic heterocycles. The molecule has 0 atom stereocenters. The molecule has 0 radical (unpaired) electrons. The summed E-state index contributed by atoms with van der Waals surface area (Å²) in [5.74, 6) is -0.353. The molecule has 0 saturated carbocycles. The number of carbonyl (C=O) groups excluding carboxylic acids is 1. The Bertz CT molecular complexity index is 447. The van der Waals surface area contributed by atoms with E-state index in [9.17, 15) is 4.79 Å². The largest absolute Gasteiger partial charge is 0.457 e. The summed E-state index contributed by atoms with van der Waals surface area (Å²) < 4.78 is 5.15. The number of esters is 1. The molecule has 0 saturated heterocycles. The van der Waals surface area contributed by atoms with Crippen molar-refractivity contribution in [3.63, 3.8) is 0 Å². The van der Waals surface area contributed by atoms with Gasteiger partial charge in [-0.3, -0.25) is 0 Å². The first-order valence-corrected chi connectivity index (χ1v) is 5.83. The third-order valence-corrected chi connectivity index (χ3v) is 2.42. The van der Waals surface area contributed by atoms with Gasteiger partial charge in [0.05, 0.1) is 0 Å². The molecular formula is C13H16BClO2. The minimum absolute atomic E-state index is 0.353. The molecular weight excluding hydrogens is 234 g/mol. The summed E-state index contributed by atoms with van der Waals surface area (Å²) in [6.07, 6.45) is 3.10. The summed E-state index contributed by atoms with van der Waals surface area (Å²) in [5, 5.41) is 0.691. The van der Waals surface area contributed by atoms with E-state index >= 15 is 0 Å². The van der Waals surface area contributed by atoms with E-state index in [1.54, 1.807) is 6.08 Å². The predicted octanol–water partition coefficient (Wildman–Crippen LogP) is 1.95. The summed E-state index contributed by atoms with van der Waals surface area (Å²) in [4.78, 5) is 11.4. The van der Waals surface area contributed by atoms with E-state index in [1.807, 2.05) is 46.8 Å². The highest BCUT2D eigenvalue weighted by Crippen LogP contribution is 2.11. The van der Waals surface area contributed by atoms with Crippen LogP contribution in [0, 0.1) is 0 Å². The standard InChI is InChI=1S/C13H16BClO2/c1-13(2,3)17-12(16)7-5-9-4-6-10(14)11(15)8-9/h4-8H,14H2,1-3H3/b7-5+. The summed E-state index contributed by atoms with van der Waals surface area (Å²) in [7, 11) is 1.93. The Hall–Kier alpha value is -1.22. The molecule has 17 heavy (non-hydrogen) atoms. The molecule has 0 aliphatic rings. The number of rotatable bonds is 2. The molecule has 0 heterocycles. The van der Waals surface area contributed by atoms with Crippen LogP contribution in [0.5, 0.6) is 0 Å². The highest BCUT2D eigenvalue weighted by Gasteiger charge is 2.13. The lowest BCUT2D eigenvalue weighted by Gasteiger charge is -2.17. The molecule has 0 amide bonds. The minimum Gasteiger partial charge on any atom is -0.457 e. The number of carbonyl (C=O) groups is 1. The Morgan fingerprint density at radius 2 is 2.06 bits per heavy atom. The number of halogens is 1. The van der Waals surface area contributed by atoms with Gasteiger partial charge in [-0.1, -0.05) is 29.2 Å². The number of hydrogen-bond donors (Lipinski definition) is 0. The zero-order valence-electron chi connectivity index (χ0n) is 10.6. The second-order valence-electron chi connectivity index (χ2n) is 4.88. The Labute approximate surface area is 108 Å². The fourth-order valence-corrected chi connectivity index (χ4v) is 1.40. The van der Waals surface area contributed by atoms with Crippen LogP contribution in [0.15, 0.2) is 24.3 Å². The number of benzene rings is 1. The summed E-state index contributed by atoms with van der Waals surface area (Å²) >= 11 is 5.99. The van der Waals surface area contributed by atoms with Gasteiger partial charge >= 0.3 is 5.97 Å². The van der Waals surface area contributed by atoms with E-state index < -0.39 is 5.60 Å². The quantitative estimate of drug-likeness (QED) is 0.456. The van der Waals surface area contributed by atoms with Crippen LogP contribution in [0.4, 0.5) is 0 Å². The normalized spacial score (nSPS) is 11.8. The molecule has 1 rings (SSSR count). The van der Waals surface area contributed by atoms with Crippen molar-refractivity contribution in [1.29, 1.82) is 0 Å². The average molecular weight is 251 g/mol. The molecule has 4 heteroatoms. The maximum absolute atomic E-state index is 11.4. The fourth-order valence-electron chi connectivity index (χ4n) is 1.21. The van der Waals surface area contributed by atoms with Gasteiger partial charge in [0.15, 0.2) is 0 Å². The second-order valence-corrected chi connectivity index (χ2v) is 5.28. The van der Waals surface area contributed by atoms with Crippen molar-refractivity contribution >= 4 is 37.0 Å². The molecule has 0 fully saturated rings. The van der Waals surface area contributed by atoms with Gasteiger partial charge < -0.3 is 4.74 Å². The Morgan fingerprint density at radius 1 is 1.41 bits per heavy atom. The molecule has 0 bridgehead atoms. The van der Waals surface area contributed by atoms with E-state index in [0.29, 0.717) is 5.02 Å². The molecule has 0 unspecified atom stereocenters. The first kappa shape index (κ1) is 13.8. The molecule has 0 aromatic heterocycles. The summed E-state index contributed by atoms with van der Waals surface area (Å²) in [6.45, 7) is 5.50. The zero-order chi connectivity index (χ0) is 13.1. The van der Waals surface area contributed by atoms with Crippen LogP contribution in [-0.2, 0) is 9.53 Å². The molecule has 0 aliphatic carbocycles. The molecule has 0 N–H and O–H groups in total. The van der Waals surface area contributed by atoms with Gasteiger partial charge in [0.1, 0.15) is 13.4 Å². The third-order valence-electron chi connectivity index (χ3n) is 2.01. The zero-order valence-corrected chi connectivity index (χ0v) is 11.3. The van der Waals surface area contributed by atoms with Gasteiger partial charge in [0.2, 0.25) is 0 Å². The summed E-state index contributed by atoms with van der Waals surface area (Å²) in [5.41, 5.74) is 1.43. The van der Waals surface area contributed by atoms with Crippen molar-refractivity contribution < 1.29 is 9.53 Å². The maximum Gasteiger partial charge on any atom is 0.331 e. The van der Waals surface area contributed by atoms with Crippen molar-refractivity contribution in [1.82, 2.24) is 0 Å². The monoisotopic (exact) mass is 250 g/mol. The van der Waals surface area contributed by atoms with Crippen molar-refractivity contribution in [3.8, 4) is 0 Å². The van der Waals surface area contributed by atoms with Crippen molar-refractivity contribution in [2.24, 2.45) is 0 Å². The number of ether oxygens (including phenoxy) is 1. The lowest BCUT2D eigenvalue weighted by atomic mass is 9.95. The van der Waals surface area contributed by atoms with Crippen LogP contribution in [0.1, 0.15) is 26.3 Å². The van der Waals surface area contributed by atoms with Gasteiger partial charge in [-0.25, -0.2) is 4.79 Å². The van der Waals surface area contributed by atoms with Crippen LogP contribution in [-0.4, -0.2) is 19.4 Å². The van der Waals surface area contributed by atoms with Gasteiger partial charge in [-0.05, 0) is 38.5 Å².